The van der Waals surface area contributed by atoms with Crippen LogP contribution in [0.15, 0.2) is 0 Å². The highest BCUT2D eigenvalue weighted by Gasteiger charge is 2.33. The molecule has 0 spiro atoms. The van der Waals surface area contributed by atoms with E-state index < -0.39 is 0 Å². The lowest BCUT2D eigenvalue weighted by molar-refractivity contribution is -0.136. The van der Waals surface area contributed by atoms with Crippen molar-refractivity contribution in [3.8, 4) is 0 Å². The summed E-state index contributed by atoms with van der Waals surface area (Å²) < 4.78 is 0. The second-order valence-electron chi connectivity index (χ2n) is 5.08. The maximum atomic E-state index is 12.3. The number of rotatable bonds is 2. The van der Waals surface area contributed by atoms with Crippen molar-refractivity contribution in [3.63, 3.8) is 0 Å². The molecule has 1 heterocycles. The van der Waals surface area contributed by atoms with Crippen LogP contribution in [-0.2, 0) is 9.59 Å². The Morgan fingerprint density at radius 2 is 1.69 bits per heavy atom. The molecule has 0 radical (unpaired) electrons. The molecular weight excluding hydrogens is 202 g/mol. The number of ketones is 1. The van der Waals surface area contributed by atoms with Gasteiger partial charge in [0.05, 0.1) is 5.92 Å². The molecule has 2 rings (SSSR count). The topological polar surface area (TPSA) is 46.2 Å². The fourth-order valence-corrected chi connectivity index (χ4v) is 2.88. The van der Waals surface area contributed by atoms with Gasteiger partial charge in [-0.3, -0.25) is 9.59 Å². The van der Waals surface area contributed by atoms with Gasteiger partial charge >= 0.3 is 0 Å². The van der Waals surface area contributed by atoms with Crippen LogP contribution in [0.2, 0.25) is 0 Å². The van der Waals surface area contributed by atoms with Crippen molar-refractivity contribution in [1.29, 1.82) is 0 Å². The Bertz CT molecular complexity index is 269. The van der Waals surface area contributed by atoms with Crippen LogP contribution in [0.25, 0.3) is 0 Å². The monoisotopic (exact) mass is 223 g/mol. The molecule has 2 aliphatic rings. The molecule has 1 N–H and O–H groups in total. The van der Waals surface area contributed by atoms with Crippen LogP contribution < -0.4 is 5.32 Å². The third-order valence-corrected chi connectivity index (χ3v) is 3.89. The lowest BCUT2D eigenvalue weighted by Crippen LogP contribution is -2.37. The molecule has 0 aromatic carbocycles. The van der Waals surface area contributed by atoms with E-state index in [9.17, 15) is 9.59 Å². The van der Waals surface area contributed by atoms with E-state index in [1.54, 1.807) is 0 Å². The predicted molar refractivity (Wildman–Crippen MR) is 61.9 cm³/mol. The Labute approximate surface area is 97.0 Å². The first-order valence-corrected chi connectivity index (χ1v) is 6.60. The van der Waals surface area contributed by atoms with Crippen LogP contribution in [-0.4, -0.2) is 18.2 Å². The Kier molecular flexibility index (Phi) is 3.97. The molecule has 16 heavy (non-hydrogen) atoms. The number of hydrogen-bond donors (Lipinski definition) is 1. The summed E-state index contributed by atoms with van der Waals surface area (Å²) in [5.74, 6) is 0.0281. The van der Waals surface area contributed by atoms with Gasteiger partial charge in [0.25, 0.3) is 0 Å². The normalized spacial score (nSPS) is 28.2. The second kappa shape index (κ2) is 5.46. The molecule has 0 aromatic heterocycles. The number of Topliss-reactive ketones (excluding diaryl/α,β-unsaturated/α-hetero) is 1. The van der Waals surface area contributed by atoms with E-state index in [1.165, 1.54) is 6.42 Å². The van der Waals surface area contributed by atoms with Crippen LogP contribution in [0.4, 0.5) is 0 Å². The van der Waals surface area contributed by atoms with Gasteiger partial charge in [-0.2, -0.15) is 0 Å². The first-order valence-electron chi connectivity index (χ1n) is 6.60. The first-order chi connectivity index (χ1) is 7.79. The van der Waals surface area contributed by atoms with E-state index in [4.69, 9.17) is 0 Å². The van der Waals surface area contributed by atoms with E-state index in [2.05, 4.69) is 5.32 Å². The minimum atomic E-state index is -0.342. The number of carbonyl (C=O) groups is 2. The number of nitrogens with one attached hydrogen (secondary N) is 1. The van der Waals surface area contributed by atoms with Gasteiger partial charge in [0, 0.05) is 12.5 Å². The van der Waals surface area contributed by atoms with Crippen LogP contribution in [0, 0.1) is 11.8 Å². The van der Waals surface area contributed by atoms with Crippen molar-refractivity contribution >= 4 is 11.7 Å². The zero-order valence-corrected chi connectivity index (χ0v) is 9.84. The SMILES string of the molecule is O=C1NCCCCC1C(=O)C1CCCCC1. The van der Waals surface area contributed by atoms with Crippen LogP contribution >= 0.6 is 0 Å². The minimum absolute atomic E-state index is 0.0203. The standard InChI is InChI=1S/C13H21NO2/c15-12(10-6-2-1-3-7-10)11-8-4-5-9-14-13(11)16/h10-11H,1-9H2,(H,14,16). The molecule has 1 unspecified atom stereocenters. The molecule has 0 bridgehead atoms. The van der Waals surface area contributed by atoms with Gasteiger partial charge in [-0.1, -0.05) is 25.7 Å². The Morgan fingerprint density at radius 3 is 2.44 bits per heavy atom. The van der Waals surface area contributed by atoms with E-state index >= 15 is 0 Å². The second-order valence-corrected chi connectivity index (χ2v) is 5.08. The average molecular weight is 223 g/mol. The quantitative estimate of drug-likeness (QED) is 0.728. The van der Waals surface area contributed by atoms with Crippen molar-refractivity contribution in [2.24, 2.45) is 11.8 Å². The van der Waals surface area contributed by atoms with Gasteiger partial charge in [-0.15, -0.1) is 0 Å². The summed E-state index contributed by atoms with van der Waals surface area (Å²) in [4.78, 5) is 24.0. The molecule has 1 saturated heterocycles. The van der Waals surface area contributed by atoms with E-state index in [-0.39, 0.29) is 23.5 Å². The maximum absolute atomic E-state index is 12.3. The van der Waals surface area contributed by atoms with Crippen molar-refractivity contribution in [2.45, 2.75) is 51.4 Å². The molecule has 3 nitrogen and oxygen atoms in total. The average Bonchev–Trinajstić information content (AvgIpc) is 2.54. The molecule has 2 fully saturated rings. The highest BCUT2D eigenvalue weighted by atomic mass is 16.2. The summed E-state index contributed by atoms with van der Waals surface area (Å²) in [6, 6.07) is 0. The van der Waals surface area contributed by atoms with E-state index in [1.807, 2.05) is 0 Å². The molecule has 1 atom stereocenters. The molecular formula is C13H21NO2. The zero-order valence-electron chi connectivity index (χ0n) is 9.84. The molecule has 1 saturated carbocycles. The van der Waals surface area contributed by atoms with Crippen molar-refractivity contribution in [1.82, 2.24) is 5.32 Å². The first kappa shape index (κ1) is 11.6. The summed E-state index contributed by atoms with van der Waals surface area (Å²) >= 11 is 0. The Balaban J connectivity index is 1.98. The van der Waals surface area contributed by atoms with Gasteiger partial charge < -0.3 is 5.32 Å². The Morgan fingerprint density at radius 1 is 1.00 bits per heavy atom. The lowest BCUT2D eigenvalue weighted by atomic mass is 9.80. The van der Waals surface area contributed by atoms with Gasteiger partial charge in [-0.25, -0.2) is 0 Å². The third kappa shape index (κ3) is 2.63. The number of carbonyl (C=O) groups excluding carboxylic acids is 2. The summed E-state index contributed by atoms with van der Waals surface area (Å²) in [5.41, 5.74) is 0. The lowest BCUT2D eigenvalue weighted by Gasteiger charge is -2.23. The van der Waals surface area contributed by atoms with Crippen LogP contribution in [0.5, 0.6) is 0 Å². The number of hydrogen-bond acceptors (Lipinski definition) is 2. The summed E-state index contributed by atoms with van der Waals surface area (Å²) in [6.45, 7) is 0.743. The van der Waals surface area contributed by atoms with Crippen molar-refractivity contribution in [2.75, 3.05) is 6.54 Å². The summed E-state index contributed by atoms with van der Waals surface area (Å²) in [5, 5.41) is 2.85. The predicted octanol–water partition coefficient (Wildman–Crippen LogP) is 2.05. The zero-order chi connectivity index (χ0) is 11.4. The smallest absolute Gasteiger partial charge is 0.230 e. The fraction of sp³-hybridized carbons (Fsp3) is 0.846. The molecule has 1 aliphatic heterocycles. The van der Waals surface area contributed by atoms with Gasteiger partial charge in [0.2, 0.25) is 5.91 Å². The summed E-state index contributed by atoms with van der Waals surface area (Å²) in [6.07, 6.45) is 8.35. The fourth-order valence-electron chi connectivity index (χ4n) is 2.88. The van der Waals surface area contributed by atoms with Crippen LogP contribution in [0.1, 0.15) is 51.4 Å². The third-order valence-electron chi connectivity index (χ3n) is 3.89. The van der Waals surface area contributed by atoms with Crippen LogP contribution in [0.3, 0.4) is 0 Å². The van der Waals surface area contributed by atoms with Crippen molar-refractivity contribution < 1.29 is 9.59 Å². The Hall–Kier alpha value is -0.860. The van der Waals surface area contributed by atoms with Crippen molar-refractivity contribution in [3.05, 3.63) is 0 Å². The largest absolute Gasteiger partial charge is 0.355 e. The highest BCUT2D eigenvalue weighted by Crippen LogP contribution is 2.28. The van der Waals surface area contributed by atoms with E-state index in [0.717, 1.165) is 51.5 Å². The van der Waals surface area contributed by atoms with Gasteiger partial charge in [0.1, 0.15) is 5.78 Å². The summed E-state index contributed by atoms with van der Waals surface area (Å²) in [7, 11) is 0. The molecule has 90 valence electrons. The highest BCUT2D eigenvalue weighted by molar-refractivity contribution is 6.02. The molecule has 0 aromatic rings. The van der Waals surface area contributed by atoms with Gasteiger partial charge in [-0.05, 0) is 25.7 Å². The maximum Gasteiger partial charge on any atom is 0.230 e. The van der Waals surface area contributed by atoms with E-state index in [0.29, 0.717) is 0 Å². The molecule has 3 heteroatoms. The molecule has 1 amide bonds. The number of amides is 1. The molecule has 1 aliphatic carbocycles. The minimum Gasteiger partial charge on any atom is -0.355 e. The van der Waals surface area contributed by atoms with Gasteiger partial charge in [0.15, 0.2) is 0 Å².